The first-order valence-electron chi connectivity index (χ1n) is 9.45. The minimum absolute atomic E-state index is 0.0623. The molecule has 1 aromatic carbocycles. The van der Waals surface area contributed by atoms with Gasteiger partial charge >= 0.3 is 0 Å². The number of hydrazine groups is 1. The van der Waals surface area contributed by atoms with E-state index in [0.29, 0.717) is 10.6 Å². The van der Waals surface area contributed by atoms with E-state index >= 15 is 0 Å². The standard InChI is InChI=1S/C21H18N4O4S2/c26-18-9-8-16(23-25(18)14-5-2-1-3-6-14)19(27)22-10-11-24-20(28)17(31-21(24)29)13-15-7-4-12-30-15/h1-8,12-13,23H,9-11H2,(H,22,27)/b17-13-. The van der Waals surface area contributed by atoms with Crippen LogP contribution < -0.4 is 15.8 Å². The van der Waals surface area contributed by atoms with Gasteiger partial charge in [-0.15, -0.1) is 11.3 Å². The highest BCUT2D eigenvalue weighted by Crippen LogP contribution is 2.32. The first-order chi connectivity index (χ1) is 15.0. The number of para-hydroxylation sites is 1. The van der Waals surface area contributed by atoms with Crippen molar-refractivity contribution < 1.29 is 19.2 Å². The Morgan fingerprint density at radius 2 is 1.94 bits per heavy atom. The number of nitrogens with zero attached hydrogens (tertiary/aromatic N) is 2. The molecule has 158 valence electrons. The lowest BCUT2D eigenvalue weighted by atomic mass is 10.2. The van der Waals surface area contributed by atoms with Crippen molar-refractivity contribution >= 4 is 57.8 Å². The topological polar surface area (TPSA) is 98.8 Å². The smallest absolute Gasteiger partial charge is 0.293 e. The summed E-state index contributed by atoms with van der Waals surface area (Å²) < 4.78 is 0. The number of carbonyl (C=O) groups is 4. The second kappa shape index (κ2) is 9.19. The van der Waals surface area contributed by atoms with Crippen molar-refractivity contribution in [2.75, 3.05) is 18.1 Å². The monoisotopic (exact) mass is 454 g/mol. The molecule has 31 heavy (non-hydrogen) atoms. The fourth-order valence-corrected chi connectivity index (χ4v) is 4.60. The van der Waals surface area contributed by atoms with Gasteiger partial charge in [0.05, 0.1) is 10.6 Å². The summed E-state index contributed by atoms with van der Waals surface area (Å²) in [5.74, 6) is -0.971. The van der Waals surface area contributed by atoms with Crippen molar-refractivity contribution in [1.82, 2.24) is 15.6 Å². The van der Waals surface area contributed by atoms with E-state index in [0.717, 1.165) is 21.5 Å². The van der Waals surface area contributed by atoms with Gasteiger partial charge < -0.3 is 5.32 Å². The third-order valence-corrected chi connectivity index (χ3v) is 6.26. The number of carbonyl (C=O) groups excluding carboxylic acids is 4. The van der Waals surface area contributed by atoms with E-state index in [4.69, 9.17) is 0 Å². The highest BCUT2D eigenvalue weighted by molar-refractivity contribution is 8.18. The van der Waals surface area contributed by atoms with E-state index < -0.39 is 5.91 Å². The fourth-order valence-electron chi connectivity index (χ4n) is 3.01. The summed E-state index contributed by atoms with van der Waals surface area (Å²) in [6.07, 6.45) is 3.29. The molecule has 4 amide bonds. The Morgan fingerprint density at radius 1 is 1.13 bits per heavy atom. The molecule has 1 aromatic heterocycles. The van der Waals surface area contributed by atoms with Crippen LogP contribution >= 0.6 is 23.1 Å². The molecule has 0 atom stereocenters. The van der Waals surface area contributed by atoms with Crippen LogP contribution in [0.4, 0.5) is 10.5 Å². The summed E-state index contributed by atoms with van der Waals surface area (Å²) in [4.78, 5) is 51.7. The Kier molecular flexibility index (Phi) is 6.19. The molecule has 0 spiro atoms. The van der Waals surface area contributed by atoms with E-state index in [-0.39, 0.29) is 42.3 Å². The van der Waals surface area contributed by atoms with Crippen molar-refractivity contribution in [2.45, 2.75) is 6.42 Å². The van der Waals surface area contributed by atoms with Crippen LogP contribution in [0.25, 0.3) is 6.08 Å². The number of rotatable bonds is 6. The maximum Gasteiger partial charge on any atom is 0.293 e. The average Bonchev–Trinajstić information content (AvgIpc) is 3.38. The number of nitrogens with one attached hydrogen (secondary N) is 2. The average molecular weight is 455 g/mol. The van der Waals surface area contributed by atoms with Crippen molar-refractivity contribution in [3.8, 4) is 0 Å². The molecule has 1 saturated heterocycles. The number of imide groups is 1. The zero-order chi connectivity index (χ0) is 21.8. The van der Waals surface area contributed by atoms with Gasteiger partial charge in [0.2, 0.25) is 5.91 Å². The number of thioether (sulfide) groups is 1. The molecule has 8 nitrogen and oxygen atoms in total. The van der Waals surface area contributed by atoms with Crippen LogP contribution in [-0.2, 0) is 14.4 Å². The Morgan fingerprint density at radius 3 is 2.68 bits per heavy atom. The SMILES string of the molecule is O=C(NCCN1C(=O)S/C(=C\c2cccs2)C1=O)C1=CCC(=O)N(c2ccccc2)N1. The number of hydrogen-bond donors (Lipinski definition) is 2. The second-order valence-corrected chi connectivity index (χ2v) is 8.58. The summed E-state index contributed by atoms with van der Waals surface area (Å²) in [6.45, 7) is 0.161. The first kappa shape index (κ1) is 20.9. The Labute approximate surface area is 186 Å². The van der Waals surface area contributed by atoms with Gasteiger partial charge in [0.1, 0.15) is 5.70 Å². The molecular weight excluding hydrogens is 436 g/mol. The molecule has 2 aliphatic heterocycles. The third kappa shape index (κ3) is 4.70. The van der Waals surface area contributed by atoms with Gasteiger partial charge in [0.25, 0.3) is 17.1 Å². The fraction of sp³-hybridized carbons (Fsp3) is 0.143. The molecule has 2 N–H and O–H groups in total. The Bertz CT molecular complexity index is 1080. The van der Waals surface area contributed by atoms with Crippen LogP contribution in [0, 0.1) is 0 Å². The van der Waals surface area contributed by atoms with Crippen molar-refractivity contribution in [3.05, 3.63) is 69.4 Å². The van der Waals surface area contributed by atoms with Crippen LogP contribution in [0.5, 0.6) is 0 Å². The highest BCUT2D eigenvalue weighted by Gasteiger charge is 2.35. The molecule has 0 aliphatic carbocycles. The van der Waals surface area contributed by atoms with Crippen LogP contribution in [0.1, 0.15) is 11.3 Å². The van der Waals surface area contributed by atoms with Gasteiger partial charge in [-0.2, -0.15) is 0 Å². The third-order valence-electron chi connectivity index (χ3n) is 4.53. The van der Waals surface area contributed by atoms with Gasteiger partial charge in [-0.3, -0.25) is 29.5 Å². The summed E-state index contributed by atoms with van der Waals surface area (Å²) in [7, 11) is 0. The van der Waals surface area contributed by atoms with E-state index in [9.17, 15) is 19.2 Å². The van der Waals surface area contributed by atoms with Gasteiger partial charge in [0, 0.05) is 24.4 Å². The van der Waals surface area contributed by atoms with Gasteiger partial charge in [-0.05, 0) is 47.5 Å². The quantitative estimate of drug-likeness (QED) is 0.652. The molecule has 10 heteroatoms. The van der Waals surface area contributed by atoms with E-state index in [1.165, 1.54) is 22.4 Å². The number of anilines is 1. The summed E-state index contributed by atoms with van der Waals surface area (Å²) in [5.41, 5.74) is 3.68. The first-order valence-corrected chi connectivity index (χ1v) is 11.1. The predicted molar refractivity (Wildman–Crippen MR) is 120 cm³/mol. The lowest BCUT2D eigenvalue weighted by Gasteiger charge is -2.28. The number of benzene rings is 1. The van der Waals surface area contributed by atoms with Gasteiger partial charge in [-0.1, -0.05) is 24.3 Å². The number of amides is 4. The normalized spacial score (nSPS) is 17.7. The van der Waals surface area contributed by atoms with Crippen LogP contribution in [-0.4, -0.2) is 41.0 Å². The number of hydrogen-bond acceptors (Lipinski definition) is 7. The van der Waals surface area contributed by atoms with Crippen molar-refractivity contribution in [2.24, 2.45) is 0 Å². The van der Waals surface area contributed by atoms with Crippen LogP contribution in [0.15, 0.2) is 64.5 Å². The van der Waals surface area contributed by atoms with E-state index in [1.54, 1.807) is 30.3 Å². The largest absolute Gasteiger partial charge is 0.349 e. The Hall–Kier alpha value is -3.37. The molecule has 1 fully saturated rings. The lowest BCUT2D eigenvalue weighted by Crippen LogP contribution is -2.49. The summed E-state index contributed by atoms with van der Waals surface area (Å²) >= 11 is 2.37. The molecular formula is C21H18N4O4S2. The molecule has 0 unspecified atom stereocenters. The van der Waals surface area contributed by atoms with Crippen LogP contribution in [0.3, 0.4) is 0 Å². The van der Waals surface area contributed by atoms with E-state index in [1.807, 2.05) is 23.6 Å². The summed E-state index contributed by atoms with van der Waals surface area (Å²) in [6, 6.07) is 12.7. The van der Waals surface area contributed by atoms with E-state index in [2.05, 4.69) is 10.7 Å². The molecule has 0 radical (unpaired) electrons. The molecule has 0 bridgehead atoms. The zero-order valence-corrected chi connectivity index (χ0v) is 17.9. The van der Waals surface area contributed by atoms with Crippen molar-refractivity contribution in [1.29, 1.82) is 0 Å². The molecule has 2 aromatic rings. The Balaban J connectivity index is 1.32. The lowest BCUT2D eigenvalue weighted by molar-refractivity contribution is -0.124. The van der Waals surface area contributed by atoms with Gasteiger partial charge in [0.15, 0.2) is 0 Å². The minimum Gasteiger partial charge on any atom is -0.349 e. The second-order valence-electron chi connectivity index (χ2n) is 6.60. The molecule has 3 heterocycles. The molecule has 4 rings (SSSR count). The van der Waals surface area contributed by atoms with Gasteiger partial charge in [-0.25, -0.2) is 5.01 Å². The maximum absolute atomic E-state index is 12.5. The molecule has 0 saturated carbocycles. The summed E-state index contributed by atoms with van der Waals surface area (Å²) in [5, 5.41) is 5.54. The highest BCUT2D eigenvalue weighted by atomic mass is 32.2. The predicted octanol–water partition coefficient (Wildman–Crippen LogP) is 2.73. The maximum atomic E-state index is 12.5. The zero-order valence-electron chi connectivity index (χ0n) is 16.2. The van der Waals surface area contributed by atoms with Crippen LogP contribution in [0.2, 0.25) is 0 Å². The minimum atomic E-state index is -0.422. The number of thiophene rings is 1. The van der Waals surface area contributed by atoms with Crippen molar-refractivity contribution in [3.63, 3.8) is 0 Å². The molecule has 2 aliphatic rings.